The van der Waals surface area contributed by atoms with E-state index in [0.717, 1.165) is 11.0 Å². The third kappa shape index (κ3) is 12.6. The third-order valence-electron chi connectivity index (χ3n) is 9.58. The number of halogens is 4. The van der Waals surface area contributed by atoms with Crippen LogP contribution in [0.4, 0.5) is 27.2 Å². The van der Waals surface area contributed by atoms with Crippen LogP contribution in [0, 0.1) is 5.92 Å². The summed E-state index contributed by atoms with van der Waals surface area (Å²) in [7, 11) is 0. The number of benzene rings is 2. The number of alkyl halides is 4. The molecule has 18 nitrogen and oxygen atoms in total. The van der Waals surface area contributed by atoms with Crippen molar-refractivity contribution >= 4 is 46.3 Å². The number of hydrogen-bond donors (Lipinski definition) is 5. The van der Waals surface area contributed by atoms with Gasteiger partial charge in [0.05, 0.1) is 53.7 Å². The number of aromatic amines is 1. The Hall–Kier alpha value is -6.42. The van der Waals surface area contributed by atoms with Crippen LogP contribution in [0.5, 0.6) is 5.88 Å². The predicted octanol–water partition coefficient (Wildman–Crippen LogP) is 5.28. The summed E-state index contributed by atoms with van der Waals surface area (Å²) < 4.78 is 78.1. The highest BCUT2D eigenvalue weighted by Crippen LogP contribution is 2.37. The van der Waals surface area contributed by atoms with Crippen molar-refractivity contribution < 1.29 is 76.1 Å². The maximum Gasteiger partial charge on any atom is 0.508 e. The summed E-state index contributed by atoms with van der Waals surface area (Å²) in [6.45, 7) is 3.87. The highest BCUT2D eigenvalue weighted by molar-refractivity contribution is 5.81. The molecule has 1 saturated carbocycles. The molecule has 0 spiro atoms. The maximum absolute atomic E-state index is 14.8. The number of aliphatic hydroxyl groups is 2. The van der Waals surface area contributed by atoms with Gasteiger partial charge in [0.25, 0.3) is 11.5 Å². The van der Waals surface area contributed by atoms with Gasteiger partial charge in [-0.2, -0.15) is 17.6 Å². The minimum absolute atomic E-state index is 0.152. The lowest BCUT2D eigenvalue weighted by molar-refractivity contribution is -0.142. The lowest BCUT2D eigenvalue weighted by Gasteiger charge is -2.26. The monoisotopic (exact) mass is 891 g/mol. The molecule has 2 aromatic heterocycles. The molecule has 7 rings (SSSR count). The second-order valence-corrected chi connectivity index (χ2v) is 15.7. The van der Waals surface area contributed by atoms with E-state index in [1.54, 1.807) is 57.2 Å². The number of likely N-dealkylation sites (tertiary alicyclic amines) is 1. The van der Waals surface area contributed by atoms with Crippen LogP contribution in [0.3, 0.4) is 0 Å². The molecular weight excluding hydrogens is 846 g/mol. The lowest BCUT2D eigenvalue weighted by atomic mass is 10.1. The fourth-order valence-electron chi connectivity index (χ4n) is 6.67. The molecule has 340 valence electrons. The van der Waals surface area contributed by atoms with Gasteiger partial charge in [0.2, 0.25) is 5.88 Å². The molecule has 22 heteroatoms. The molecule has 1 amide bonds. The van der Waals surface area contributed by atoms with Crippen LogP contribution in [0.15, 0.2) is 65.5 Å². The molecule has 1 unspecified atom stereocenters. The second-order valence-electron chi connectivity index (χ2n) is 15.7. The van der Waals surface area contributed by atoms with Gasteiger partial charge in [-0.05, 0) is 70.4 Å². The number of carboxylic acids is 2. The van der Waals surface area contributed by atoms with Gasteiger partial charge in [-0.1, -0.05) is 30.3 Å². The number of amides is 1. The van der Waals surface area contributed by atoms with E-state index < -0.39 is 95.7 Å². The summed E-state index contributed by atoms with van der Waals surface area (Å²) >= 11 is 0. The zero-order valence-corrected chi connectivity index (χ0v) is 34.1. The molecule has 4 aromatic rings. The first-order valence-electron chi connectivity index (χ1n) is 19.5. The van der Waals surface area contributed by atoms with E-state index >= 15 is 0 Å². The fourth-order valence-corrected chi connectivity index (χ4v) is 6.67. The normalized spacial score (nSPS) is 21.3. The van der Waals surface area contributed by atoms with Crippen LogP contribution >= 0.6 is 0 Å². The summed E-state index contributed by atoms with van der Waals surface area (Å²) in [4.78, 5) is 72.2. The number of ether oxygens (including phenoxy) is 4. The van der Waals surface area contributed by atoms with E-state index in [4.69, 9.17) is 24.8 Å². The van der Waals surface area contributed by atoms with Crippen LogP contribution in [0.2, 0.25) is 0 Å². The molecular formula is C41H45F4N5O13. The number of carbonyl (C=O) groups excluding carboxylic acids is 2. The highest BCUT2D eigenvalue weighted by Gasteiger charge is 2.45. The number of para-hydroxylation sites is 4. The van der Waals surface area contributed by atoms with Gasteiger partial charge in [-0.15, -0.1) is 0 Å². The van der Waals surface area contributed by atoms with Crippen molar-refractivity contribution in [1.82, 2.24) is 24.8 Å². The Morgan fingerprint density at radius 3 is 2.10 bits per heavy atom. The molecule has 1 aliphatic carbocycles. The molecule has 63 heavy (non-hydrogen) atoms. The van der Waals surface area contributed by atoms with Crippen molar-refractivity contribution in [3.8, 4) is 5.88 Å². The number of nitrogens with one attached hydrogen (secondary N) is 1. The summed E-state index contributed by atoms with van der Waals surface area (Å²) in [6.07, 6.45) is -2.16. The lowest BCUT2D eigenvalue weighted by Crippen LogP contribution is -2.43. The van der Waals surface area contributed by atoms with E-state index in [1.165, 1.54) is 12.1 Å². The Bertz CT molecular complexity index is 2390. The SMILES string of the molecule is CC(C)(C)OC(=O)N1C[C@H](Oc2nc3ccccc3nc2C(F)(F)/C=C/CO)C[C@H]1C(=O)O.O=C(O)[C@H]1CC[C@H](O)C1.O=C1OCC(CC(F)(F)c2nc3ccccc3[nH]c2=O)O1. The van der Waals surface area contributed by atoms with Gasteiger partial charge < -0.3 is 44.4 Å². The Labute approximate surface area is 355 Å². The van der Waals surface area contributed by atoms with Crippen LogP contribution in [-0.2, 0) is 35.6 Å². The topological polar surface area (TPSA) is 261 Å². The van der Waals surface area contributed by atoms with E-state index in [0.29, 0.717) is 36.4 Å². The zero-order chi connectivity index (χ0) is 46.3. The minimum atomic E-state index is -3.62. The minimum Gasteiger partial charge on any atom is -0.481 e. The Morgan fingerprint density at radius 1 is 0.905 bits per heavy atom. The molecule has 0 radical (unpaired) electrons. The third-order valence-corrected chi connectivity index (χ3v) is 9.58. The molecule has 4 heterocycles. The number of nitrogens with zero attached hydrogens (tertiary/aromatic N) is 4. The fraction of sp³-hybridized carbons (Fsp3) is 0.463. The number of allylic oxidation sites excluding steroid dienone is 1. The van der Waals surface area contributed by atoms with Gasteiger partial charge in [0.15, 0.2) is 11.4 Å². The highest BCUT2D eigenvalue weighted by atomic mass is 19.3. The molecule has 2 aliphatic heterocycles. The zero-order valence-electron chi connectivity index (χ0n) is 34.1. The van der Waals surface area contributed by atoms with E-state index in [1.807, 2.05) is 0 Å². The maximum atomic E-state index is 14.8. The van der Waals surface area contributed by atoms with Gasteiger partial charge in [0.1, 0.15) is 30.5 Å². The van der Waals surface area contributed by atoms with Gasteiger partial charge in [0, 0.05) is 6.42 Å². The number of aromatic nitrogens is 4. The average Bonchev–Trinajstić information content (AvgIpc) is 3.96. The number of carbonyl (C=O) groups is 4. The second kappa shape index (κ2) is 19.7. The van der Waals surface area contributed by atoms with Crippen LogP contribution in [0.1, 0.15) is 64.3 Å². The Kier molecular flexibility index (Phi) is 14.9. The van der Waals surface area contributed by atoms with Gasteiger partial charge in [-0.25, -0.2) is 29.3 Å². The number of rotatable bonds is 10. The molecule has 0 bridgehead atoms. The Balaban J connectivity index is 0.000000210. The summed E-state index contributed by atoms with van der Waals surface area (Å²) in [5, 5.41) is 35.8. The van der Waals surface area contributed by atoms with Crippen molar-refractivity contribution in [3.63, 3.8) is 0 Å². The van der Waals surface area contributed by atoms with E-state index in [2.05, 4.69) is 29.4 Å². The first-order valence-corrected chi connectivity index (χ1v) is 19.5. The number of fused-ring (bicyclic) bond motifs is 2. The largest absolute Gasteiger partial charge is 0.508 e. The smallest absolute Gasteiger partial charge is 0.481 e. The summed E-state index contributed by atoms with van der Waals surface area (Å²) in [5.74, 6) is -9.97. The van der Waals surface area contributed by atoms with E-state index in [-0.39, 0.29) is 42.6 Å². The number of carboxylic acid groups (broad SMARTS) is 2. The van der Waals surface area contributed by atoms with Crippen molar-refractivity contribution in [2.24, 2.45) is 5.92 Å². The Morgan fingerprint density at radius 2 is 1.54 bits per heavy atom. The molecule has 2 saturated heterocycles. The van der Waals surface area contributed by atoms with Crippen molar-refractivity contribution in [1.29, 1.82) is 0 Å². The summed E-state index contributed by atoms with van der Waals surface area (Å²) in [6, 6.07) is 11.5. The summed E-state index contributed by atoms with van der Waals surface area (Å²) in [5.41, 5.74) is -2.36. The van der Waals surface area contributed by atoms with Crippen molar-refractivity contribution in [2.75, 3.05) is 19.8 Å². The number of aliphatic hydroxyl groups excluding tert-OH is 2. The number of aliphatic carboxylic acids is 2. The van der Waals surface area contributed by atoms with Gasteiger partial charge >= 0.3 is 30.1 Å². The van der Waals surface area contributed by atoms with Crippen LogP contribution in [0.25, 0.3) is 22.1 Å². The van der Waals surface area contributed by atoms with Crippen LogP contribution in [-0.4, -0.2) is 119 Å². The van der Waals surface area contributed by atoms with E-state index in [9.17, 15) is 46.6 Å². The molecule has 5 atom stereocenters. The van der Waals surface area contributed by atoms with Gasteiger partial charge in [-0.3, -0.25) is 14.5 Å². The predicted molar refractivity (Wildman–Crippen MR) is 211 cm³/mol. The number of hydrogen-bond acceptors (Lipinski definition) is 14. The molecule has 5 N–H and O–H groups in total. The molecule has 3 fully saturated rings. The molecule has 2 aromatic carbocycles. The molecule has 3 aliphatic rings. The quantitative estimate of drug-likeness (QED) is 0.0770. The van der Waals surface area contributed by atoms with Crippen LogP contribution < -0.4 is 10.3 Å². The average molecular weight is 892 g/mol. The van der Waals surface area contributed by atoms with Crippen molar-refractivity contribution in [2.45, 2.75) is 94.7 Å². The number of cyclic esters (lactones) is 2. The van der Waals surface area contributed by atoms with Crippen molar-refractivity contribution in [3.05, 3.63) is 82.4 Å². The standard InChI is InChI=1S/C22H25F2N3O6.C13H10F2N2O4.C6H10O3/c1-21(2,3)33-20(31)27-12-13(11-16(27)19(29)30)32-18-17(22(23,24)9-6-10-28)25-14-7-4-5-8-15(14)26-18;14-13(15,5-7-6-20-12(19)21-7)10-11(18)17-9-4-2-1-3-8(9)16-10;7-5-2-1-4(3-5)6(8)9/h4-9,13,16,28H,10-12H2,1-3H3,(H,29,30);1-4,7H,5-6H2,(H,17,18);4-5,7H,1-3H2,(H,8,9)/b9-6+;;/t13-,16+;;4-,5-/m1.0/s1. The first-order chi connectivity index (χ1) is 29.6. The number of H-pyrrole nitrogens is 1. The first kappa shape index (κ1) is 47.6.